The summed E-state index contributed by atoms with van der Waals surface area (Å²) >= 11 is 7.85. The molecule has 4 aromatic rings. The molecule has 3 aromatic carbocycles. The normalized spacial score (nSPS) is 13.3. The lowest BCUT2D eigenvalue weighted by molar-refractivity contribution is 0.0746. The lowest BCUT2D eigenvalue weighted by Crippen LogP contribution is -2.48. The van der Waals surface area contributed by atoms with Crippen LogP contribution in [0.3, 0.4) is 0 Å². The van der Waals surface area contributed by atoms with Crippen molar-refractivity contribution in [3.8, 4) is 5.75 Å². The molecular formula is C31H32ClN5O2S. The van der Waals surface area contributed by atoms with Gasteiger partial charge < -0.3 is 19.4 Å². The number of nitrogens with zero attached hydrogens (tertiary/aromatic N) is 5. The van der Waals surface area contributed by atoms with Crippen LogP contribution in [0.25, 0.3) is 0 Å². The van der Waals surface area contributed by atoms with E-state index in [0.717, 1.165) is 42.5 Å². The molecule has 0 saturated carbocycles. The van der Waals surface area contributed by atoms with Crippen molar-refractivity contribution in [2.75, 3.05) is 50.1 Å². The molecule has 0 radical (unpaired) electrons. The second kappa shape index (κ2) is 13.1. The summed E-state index contributed by atoms with van der Waals surface area (Å²) in [5.41, 5.74) is 4.05. The number of benzene rings is 3. The Balaban J connectivity index is 1.15. The fraction of sp³-hybridized carbons (Fsp3) is 0.258. The number of halogens is 1. The Hall–Kier alpha value is -3.75. The number of ether oxygens (including phenoxy) is 1. The number of aromatic nitrogens is 2. The number of thioether (sulfide) groups is 1. The third-order valence-corrected chi connectivity index (χ3v) is 7.99. The number of carbonyl (C=O) groups excluding carboxylic acids is 1. The average Bonchev–Trinajstić information content (AvgIpc) is 3.00. The number of amides is 1. The van der Waals surface area contributed by atoms with Gasteiger partial charge in [0.1, 0.15) is 16.7 Å². The van der Waals surface area contributed by atoms with Crippen LogP contribution in [0.1, 0.15) is 21.5 Å². The zero-order valence-corrected chi connectivity index (χ0v) is 24.2. The van der Waals surface area contributed by atoms with Gasteiger partial charge in [-0.15, -0.1) is 0 Å². The molecule has 2 heterocycles. The third-order valence-electron chi connectivity index (χ3n) is 6.88. The van der Waals surface area contributed by atoms with Gasteiger partial charge in [0.15, 0.2) is 5.16 Å². The SMILES string of the molecule is COc1ccccc1N1CCN(C(=O)c2ccc(CSc3nc(Cl)cc(N(C)Cc4ccccc4)n3)cc2)CC1. The molecule has 1 aliphatic heterocycles. The Morgan fingerprint density at radius 3 is 2.35 bits per heavy atom. The largest absolute Gasteiger partial charge is 0.495 e. The van der Waals surface area contributed by atoms with E-state index in [2.05, 4.69) is 33.0 Å². The van der Waals surface area contributed by atoms with Crippen LogP contribution in [-0.4, -0.2) is 61.1 Å². The molecule has 1 fully saturated rings. The summed E-state index contributed by atoms with van der Waals surface area (Å²) in [7, 11) is 3.68. The van der Waals surface area contributed by atoms with Gasteiger partial charge in [0.05, 0.1) is 12.8 Å². The quantitative estimate of drug-likeness (QED) is 0.138. The van der Waals surface area contributed by atoms with Crippen LogP contribution in [0.2, 0.25) is 5.15 Å². The maximum Gasteiger partial charge on any atom is 0.253 e. The highest BCUT2D eigenvalue weighted by molar-refractivity contribution is 7.98. The maximum absolute atomic E-state index is 13.2. The van der Waals surface area contributed by atoms with Crippen molar-refractivity contribution >= 4 is 40.8 Å². The van der Waals surface area contributed by atoms with Gasteiger partial charge in [-0.05, 0) is 35.4 Å². The monoisotopic (exact) mass is 573 g/mol. The minimum atomic E-state index is 0.0585. The summed E-state index contributed by atoms with van der Waals surface area (Å²) in [5.74, 6) is 2.37. The first kappa shape index (κ1) is 27.8. The summed E-state index contributed by atoms with van der Waals surface area (Å²) in [6, 6.07) is 27.8. The van der Waals surface area contributed by atoms with Crippen LogP contribution >= 0.6 is 23.4 Å². The van der Waals surface area contributed by atoms with E-state index in [1.807, 2.05) is 72.6 Å². The van der Waals surface area contributed by atoms with E-state index in [-0.39, 0.29) is 5.91 Å². The van der Waals surface area contributed by atoms with Crippen molar-refractivity contribution in [1.82, 2.24) is 14.9 Å². The van der Waals surface area contributed by atoms with Crippen molar-refractivity contribution in [2.45, 2.75) is 17.5 Å². The van der Waals surface area contributed by atoms with Crippen molar-refractivity contribution in [3.63, 3.8) is 0 Å². The smallest absolute Gasteiger partial charge is 0.253 e. The van der Waals surface area contributed by atoms with E-state index in [4.69, 9.17) is 21.3 Å². The Morgan fingerprint density at radius 1 is 0.925 bits per heavy atom. The first-order valence-electron chi connectivity index (χ1n) is 13.2. The van der Waals surface area contributed by atoms with E-state index < -0.39 is 0 Å². The van der Waals surface area contributed by atoms with E-state index in [9.17, 15) is 4.79 Å². The van der Waals surface area contributed by atoms with Gasteiger partial charge in [-0.2, -0.15) is 0 Å². The van der Waals surface area contributed by atoms with Gasteiger partial charge in [0.25, 0.3) is 5.91 Å². The molecule has 0 aliphatic carbocycles. The van der Waals surface area contributed by atoms with Crippen molar-refractivity contribution in [2.24, 2.45) is 0 Å². The number of para-hydroxylation sites is 2. The number of piperazine rings is 1. The van der Waals surface area contributed by atoms with Gasteiger partial charge in [-0.25, -0.2) is 9.97 Å². The molecular weight excluding hydrogens is 542 g/mol. The molecule has 7 nitrogen and oxygen atoms in total. The molecule has 1 amide bonds. The molecule has 5 rings (SSSR count). The van der Waals surface area contributed by atoms with Crippen molar-refractivity contribution in [1.29, 1.82) is 0 Å². The molecule has 0 unspecified atom stereocenters. The fourth-order valence-corrected chi connectivity index (χ4v) is 5.74. The van der Waals surface area contributed by atoms with Crippen LogP contribution in [-0.2, 0) is 12.3 Å². The average molecular weight is 574 g/mol. The van der Waals surface area contributed by atoms with Crippen molar-refractivity contribution in [3.05, 3.63) is 107 Å². The lowest BCUT2D eigenvalue weighted by Gasteiger charge is -2.36. The summed E-state index contributed by atoms with van der Waals surface area (Å²) in [5, 5.41) is 1.04. The number of hydrogen-bond donors (Lipinski definition) is 0. The lowest BCUT2D eigenvalue weighted by atomic mass is 10.1. The zero-order chi connectivity index (χ0) is 27.9. The third kappa shape index (κ3) is 6.87. The molecule has 0 atom stereocenters. The highest BCUT2D eigenvalue weighted by atomic mass is 35.5. The molecule has 9 heteroatoms. The summed E-state index contributed by atoms with van der Waals surface area (Å²) in [4.78, 5) is 28.5. The zero-order valence-electron chi connectivity index (χ0n) is 22.7. The van der Waals surface area contributed by atoms with Gasteiger partial charge in [0, 0.05) is 57.2 Å². The molecule has 1 saturated heterocycles. The van der Waals surface area contributed by atoms with Gasteiger partial charge in [0.2, 0.25) is 0 Å². The molecule has 0 spiro atoms. The first-order chi connectivity index (χ1) is 19.5. The number of methoxy groups -OCH3 is 1. The molecule has 0 bridgehead atoms. The number of rotatable bonds is 9. The van der Waals surface area contributed by atoms with Crippen molar-refractivity contribution < 1.29 is 9.53 Å². The molecule has 1 aromatic heterocycles. The Labute approximate surface area is 244 Å². The summed E-state index contributed by atoms with van der Waals surface area (Å²) in [6.45, 7) is 3.60. The highest BCUT2D eigenvalue weighted by Gasteiger charge is 2.23. The van der Waals surface area contributed by atoms with Crippen LogP contribution in [0.4, 0.5) is 11.5 Å². The minimum absolute atomic E-state index is 0.0585. The number of anilines is 2. The predicted molar refractivity (Wildman–Crippen MR) is 163 cm³/mol. The van der Waals surface area contributed by atoms with Crippen LogP contribution < -0.4 is 14.5 Å². The molecule has 0 N–H and O–H groups in total. The molecule has 1 aliphatic rings. The number of carbonyl (C=O) groups is 1. The standard InChI is InChI=1S/C31H32ClN5O2S/c1-35(21-23-8-4-3-5-9-23)29-20-28(32)33-31(34-29)40-22-24-12-14-25(15-13-24)30(38)37-18-16-36(17-19-37)26-10-6-7-11-27(26)39-2/h3-15,20H,16-19,21-22H2,1-2H3. The Kier molecular flexibility index (Phi) is 9.08. The fourth-order valence-electron chi connectivity index (χ4n) is 4.70. The van der Waals surface area contributed by atoms with Crippen LogP contribution in [0.5, 0.6) is 5.75 Å². The second-order valence-electron chi connectivity index (χ2n) is 9.61. The van der Waals surface area contributed by atoms with E-state index >= 15 is 0 Å². The highest BCUT2D eigenvalue weighted by Crippen LogP contribution is 2.29. The summed E-state index contributed by atoms with van der Waals surface area (Å²) < 4.78 is 5.50. The topological polar surface area (TPSA) is 61.8 Å². The first-order valence-corrected chi connectivity index (χ1v) is 14.5. The van der Waals surface area contributed by atoms with Gasteiger partial charge in [-0.1, -0.05) is 78.0 Å². The summed E-state index contributed by atoms with van der Waals surface area (Å²) in [6.07, 6.45) is 0. The Morgan fingerprint density at radius 2 is 1.62 bits per heavy atom. The minimum Gasteiger partial charge on any atom is -0.495 e. The van der Waals surface area contributed by atoms with Crippen LogP contribution in [0, 0.1) is 0 Å². The van der Waals surface area contributed by atoms with Gasteiger partial charge >= 0.3 is 0 Å². The van der Waals surface area contributed by atoms with E-state index in [1.165, 1.54) is 17.3 Å². The number of hydrogen-bond acceptors (Lipinski definition) is 7. The second-order valence-corrected chi connectivity index (χ2v) is 10.9. The van der Waals surface area contributed by atoms with Crippen LogP contribution in [0.15, 0.2) is 90.1 Å². The predicted octanol–water partition coefficient (Wildman–Crippen LogP) is 6.03. The van der Waals surface area contributed by atoms with E-state index in [0.29, 0.717) is 34.7 Å². The maximum atomic E-state index is 13.2. The van der Waals surface area contributed by atoms with E-state index in [1.54, 1.807) is 13.2 Å². The molecule has 40 heavy (non-hydrogen) atoms. The Bertz CT molecular complexity index is 1430. The molecule has 206 valence electrons. The van der Waals surface area contributed by atoms with Gasteiger partial charge in [-0.3, -0.25) is 4.79 Å².